The van der Waals surface area contributed by atoms with Crippen LogP contribution in [0.4, 0.5) is 0 Å². The molecule has 0 spiro atoms. The number of hydrogen-bond acceptors (Lipinski definition) is 5. The van der Waals surface area contributed by atoms with E-state index >= 15 is 0 Å². The smallest absolute Gasteiger partial charge is 0.220 e. The van der Waals surface area contributed by atoms with Crippen LogP contribution in [-0.2, 0) is 10.3 Å². The van der Waals surface area contributed by atoms with Crippen LogP contribution in [0, 0.1) is 0 Å². The van der Waals surface area contributed by atoms with E-state index in [0.717, 1.165) is 37.6 Å². The maximum Gasteiger partial charge on any atom is 0.220 e. The van der Waals surface area contributed by atoms with E-state index in [0.29, 0.717) is 5.88 Å². The molecular weight excluding hydrogens is 436 g/mol. The lowest BCUT2D eigenvalue weighted by molar-refractivity contribution is -0.0461. The SMILES string of the molecule is COc1nc2ccc(Br)cc2c2c1C(C)(OCC(O)CN=[N+]=[N-])c1ccccc1-2. The van der Waals surface area contributed by atoms with Crippen LogP contribution in [0.5, 0.6) is 5.88 Å². The summed E-state index contributed by atoms with van der Waals surface area (Å²) < 4.78 is 12.9. The molecule has 1 aromatic heterocycles. The number of ether oxygens (including phenoxy) is 2. The Bertz CT molecular complexity index is 1150. The van der Waals surface area contributed by atoms with Gasteiger partial charge in [-0.25, -0.2) is 4.98 Å². The molecule has 0 fully saturated rings. The number of aliphatic hydroxyl groups excluding tert-OH is 1. The molecule has 4 rings (SSSR count). The fourth-order valence-corrected chi connectivity index (χ4v) is 4.29. The number of halogens is 1. The summed E-state index contributed by atoms with van der Waals surface area (Å²) in [5, 5.41) is 14.6. The van der Waals surface area contributed by atoms with Gasteiger partial charge in [0.25, 0.3) is 0 Å². The van der Waals surface area contributed by atoms with Gasteiger partial charge in [0.2, 0.25) is 5.88 Å². The normalized spacial score (nSPS) is 18.1. The highest BCUT2D eigenvalue weighted by Gasteiger charge is 2.44. The van der Waals surface area contributed by atoms with Crippen molar-refractivity contribution in [1.29, 1.82) is 0 Å². The fraction of sp³-hybridized carbons (Fsp3) is 0.286. The lowest BCUT2D eigenvalue weighted by atomic mass is 9.93. The lowest BCUT2D eigenvalue weighted by Crippen LogP contribution is -2.31. The third-order valence-corrected chi connectivity index (χ3v) is 5.71. The van der Waals surface area contributed by atoms with Crippen LogP contribution < -0.4 is 4.74 Å². The minimum atomic E-state index is -0.910. The zero-order chi connectivity index (χ0) is 20.6. The Balaban J connectivity index is 1.93. The third-order valence-electron chi connectivity index (χ3n) is 5.21. The van der Waals surface area contributed by atoms with Gasteiger partial charge in [-0.15, -0.1) is 0 Å². The van der Waals surface area contributed by atoms with Crippen LogP contribution >= 0.6 is 15.9 Å². The Morgan fingerprint density at radius 1 is 1.31 bits per heavy atom. The molecule has 3 aromatic rings. The molecule has 148 valence electrons. The number of fused-ring (bicyclic) bond motifs is 5. The summed E-state index contributed by atoms with van der Waals surface area (Å²) in [6.07, 6.45) is -0.910. The summed E-state index contributed by atoms with van der Waals surface area (Å²) in [6.45, 7) is 1.90. The second-order valence-corrected chi connectivity index (χ2v) is 7.91. The van der Waals surface area contributed by atoms with Gasteiger partial charge in [0.05, 0.1) is 37.4 Å². The highest BCUT2D eigenvalue weighted by atomic mass is 79.9. The van der Waals surface area contributed by atoms with Crippen LogP contribution in [-0.4, -0.2) is 36.5 Å². The van der Waals surface area contributed by atoms with Crippen LogP contribution in [0.25, 0.3) is 32.5 Å². The first-order valence-corrected chi connectivity index (χ1v) is 9.89. The van der Waals surface area contributed by atoms with Crippen molar-refractivity contribution in [2.75, 3.05) is 20.3 Å². The first-order chi connectivity index (χ1) is 14.0. The molecule has 7 nitrogen and oxygen atoms in total. The Morgan fingerprint density at radius 2 is 2.10 bits per heavy atom. The summed E-state index contributed by atoms with van der Waals surface area (Å²) >= 11 is 3.56. The molecule has 1 aliphatic rings. The first-order valence-electron chi connectivity index (χ1n) is 9.10. The summed E-state index contributed by atoms with van der Waals surface area (Å²) in [7, 11) is 1.59. The Labute approximate surface area is 176 Å². The van der Waals surface area contributed by atoms with Crippen molar-refractivity contribution in [2.45, 2.75) is 18.6 Å². The first kappa shape index (κ1) is 19.7. The van der Waals surface area contributed by atoms with Crippen molar-refractivity contribution in [1.82, 2.24) is 4.98 Å². The van der Waals surface area contributed by atoms with E-state index in [1.165, 1.54) is 0 Å². The molecule has 1 N–H and O–H groups in total. The molecular formula is C21H19BrN4O3. The molecule has 0 radical (unpaired) electrons. The molecule has 2 unspecified atom stereocenters. The molecule has 29 heavy (non-hydrogen) atoms. The van der Waals surface area contributed by atoms with Gasteiger partial charge < -0.3 is 14.6 Å². The van der Waals surface area contributed by atoms with Crippen LogP contribution in [0.3, 0.4) is 0 Å². The minimum absolute atomic E-state index is 0.00295. The van der Waals surface area contributed by atoms with E-state index in [-0.39, 0.29) is 13.2 Å². The molecule has 1 heterocycles. The number of azide groups is 1. The van der Waals surface area contributed by atoms with Gasteiger partial charge in [-0.2, -0.15) is 0 Å². The molecule has 8 heteroatoms. The number of nitrogens with zero attached hydrogens (tertiary/aromatic N) is 4. The number of methoxy groups -OCH3 is 1. The summed E-state index contributed by atoms with van der Waals surface area (Å²) in [6, 6.07) is 14.0. The predicted molar refractivity (Wildman–Crippen MR) is 114 cm³/mol. The lowest BCUT2D eigenvalue weighted by Gasteiger charge is -2.29. The van der Waals surface area contributed by atoms with E-state index in [9.17, 15) is 5.11 Å². The quantitative estimate of drug-likeness (QED) is 0.323. The third kappa shape index (κ3) is 3.24. The number of aromatic nitrogens is 1. The number of hydrogen-bond donors (Lipinski definition) is 1. The van der Waals surface area contributed by atoms with E-state index in [1.54, 1.807) is 7.11 Å². The molecule has 0 saturated carbocycles. The van der Waals surface area contributed by atoms with Crippen molar-refractivity contribution in [3.63, 3.8) is 0 Å². The largest absolute Gasteiger partial charge is 0.481 e. The van der Waals surface area contributed by atoms with E-state index in [1.807, 2.05) is 43.3 Å². The maximum atomic E-state index is 10.1. The topological polar surface area (TPSA) is 100 Å². The number of pyridine rings is 1. The number of rotatable bonds is 6. The van der Waals surface area contributed by atoms with Gasteiger partial charge in [-0.05, 0) is 41.8 Å². The van der Waals surface area contributed by atoms with Crippen molar-refractivity contribution >= 4 is 26.8 Å². The summed E-state index contributed by atoms with van der Waals surface area (Å²) in [5.41, 5.74) is 12.3. The van der Waals surface area contributed by atoms with Crippen LogP contribution in [0.15, 0.2) is 52.1 Å². The van der Waals surface area contributed by atoms with Gasteiger partial charge in [-0.3, -0.25) is 0 Å². The van der Waals surface area contributed by atoms with Gasteiger partial charge >= 0.3 is 0 Å². The summed E-state index contributed by atoms with van der Waals surface area (Å²) in [4.78, 5) is 7.40. The molecule has 1 aliphatic carbocycles. The number of aliphatic hydroxyl groups is 1. The van der Waals surface area contributed by atoms with E-state index < -0.39 is 11.7 Å². The summed E-state index contributed by atoms with van der Waals surface area (Å²) in [5.74, 6) is 0.484. The van der Waals surface area contributed by atoms with Crippen LogP contribution in [0.2, 0.25) is 0 Å². The zero-order valence-corrected chi connectivity index (χ0v) is 17.5. The molecule has 2 aromatic carbocycles. The monoisotopic (exact) mass is 454 g/mol. The van der Waals surface area contributed by atoms with Gasteiger partial charge in [0.1, 0.15) is 5.60 Å². The Kier molecular flexibility index (Phi) is 5.19. The van der Waals surface area contributed by atoms with E-state index in [2.05, 4.69) is 32.0 Å². The van der Waals surface area contributed by atoms with Crippen molar-refractivity contribution in [3.05, 3.63) is 68.5 Å². The molecule has 0 amide bonds. The fourth-order valence-electron chi connectivity index (χ4n) is 3.93. The Hall–Kier alpha value is -2.64. The van der Waals surface area contributed by atoms with Crippen molar-refractivity contribution in [2.24, 2.45) is 5.11 Å². The van der Waals surface area contributed by atoms with Crippen molar-refractivity contribution in [3.8, 4) is 17.0 Å². The van der Waals surface area contributed by atoms with Gasteiger partial charge in [0.15, 0.2) is 0 Å². The zero-order valence-electron chi connectivity index (χ0n) is 16.0. The van der Waals surface area contributed by atoms with Crippen LogP contribution in [0.1, 0.15) is 18.1 Å². The molecule has 0 bridgehead atoms. The number of benzene rings is 2. The molecule has 0 aliphatic heterocycles. The standard InChI is InChI=1S/C21H19BrN4O3/c1-21(29-11-13(27)10-24-26-23)16-6-4-3-5-14(16)18-15-9-12(22)7-8-17(15)25-20(28-2)19(18)21/h3-9,13,27H,10-11H2,1-2H3. The highest BCUT2D eigenvalue weighted by molar-refractivity contribution is 9.10. The molecule has 0 saturated heterocycles. The molecule has 2 atom stereocenters. The second-order valence-electron chi connectivity index (χ2n) is 6.99. The van der Waals surface area contributed by atoms with Gasteiger partial charge in [-0.1, -0.05) is 45.3 Å². The average molecular weight is 455 g/mol. The van der Waals surface area contributed by atoms with Crippen molar-refractivity contribution < 1.29 is 14.6 Å². The van der Waals surface area contributed by atoms with Gasteiger partial charge in [0, 0.05) is 20.3 Å². The average Bonchev–Trinajstić information content (AvgIpc) is 3.00. The minimum Gasteiger partial charge on any atom is -0.481 e. The second kappa shape index (κ2) is 7.65. The highest BCUT2D eigenvalue weighted by Crippen LogP contribution is 2.54. The Morgan fingerprint density at radius 3 is 2.86 bits per heavy atom. The predicted octanol–water partition coefficient (Wildman–Crippen LogP) is 4.94. The maximum absolute atomic E-state index is 10.1. The van der Waals surface area contributed by atoms with E-state index in [4.69, 9.17) is 20.0 Å².